The van der Waals surface area contributed by atoms with Crippen LogP contribution in [0.15, 0.2) is 36.7 Å². The highest BCUT2D eigenvalue weighted by Gasteiger charge is 2.20. The van der Waals surface area contributed by atoms with Gasteiger partial charge in [0.25, 0.3) is 5.91 Å². The highest BCUT2D eigenvalue weighted by Crippen LogP contribution is 2.30. The van der Waals surface area contributed by atoms with E-state index in [2.05, 4.69) is 20.0 Å². The number of H-pyrrole nitrogens is 1. The number of aromatic amines is 1. The number of halogens is 2. The van der Waals surface area contributed by atoms with Gasteiger partial charge in [0.05, 0.1) is 28.9 Å². The Bertz CT molecular complexity index is 1080. The summed E-state index contributed by atoms with van der Waals surface area (Å²) in [6.45, 7) is -0.591. The minimum absolute atomic E-state index is 0.0101. The molecule has 28 heavy (non-hydrogen) atoms. The van der Waals surface area contributed by atoms with E-state index in [1.54, 1.807) is 12.3 Å². The summed E-state index contributed by atoms with van der Waals surface area (Å²) in [7, 11) is 1.18. The molecule has 3 rings (SSSR count). The largest absolute Gasteiger partial charge is 0.465 e. The Morgan fingerprint density at radius 3 is 2.68 bits per heavy atom. The first kappa shape index (κ1) is 19.7. The van der Waals surface area contributed by atoms with E-state index in [0.717, 1.165) is 0 Å². The van der Waals surface area contributed by atoms with Gasteiger partial charge in [0.15, 0.2) is 6.61 Å². The predicted octanol–water partition coefficient (Wildman–Crippen LogP) is 3.45. The van der Waals surface area contributed by atoms with Crippen LogP contribution >= 0.6 is 23.2 Å². The number of amides is 1. The van der Waals surface area contributed by atoms with E-state index >= 15 is 0 Å². The van der Waals surface area contributed by atoms with Crippen LogP contribution in [0.25, 0.3) is 11.0 Å². The van der Waals surface area contributed by atoms with Gasteiger partial charge < -0.3 is 19.8 Å². The number of rotatable bonds is 5. The predicted molar refractivity (Wildman–Crippen MR) is 103 cm³/mol. The molecule has 0 saturated heterocycles. The van der Waals surface area contributed by atoms with Gasteiger partial charge in [-0.1, -0.05) is 23.2 Å². The number of carbonyl (C=O) groups is 3. The van der Waals surface area contributed by atoms with E-state index in [0.29, 0.717) is 11.0 Å². The molecule has 10 heteroatoms. The Morgan fingerprint density at radius 1 is 1.14 bits per heavy atom. The molecule has 3 aromatic rings. The molecule has 0 atom stereocenters. The minimum Gasteiger partial charge on any atom is -0.465 e. The first-order valence-electron chi connectivity index (χ1n) is 7.87. The Balaban J connectivity index is 1.72. The number of nitrogens with zero attached hydrogens (tertiary/aromatic N) is 1. The molecular formula is C18H13Cl2N3O5. The lowest BCUT2D eigenvalue weighted by Crippen LogP contribution is -2.22. The van der Waals surface area contributed by atoms with Crippen LogP contribution in [0.3, 0.4) is 0 Å². The van der Waals surface area contributed by atoms with E-state index in [-0.39, 0.29) is 26.9 Å². The van der Waals surface area contributed by atoms with Gasteiger partial charge in [-0.3, -0.25) is 4.79 Å². The summed E-state index contributed by atoms with van der Waals surface area (Å²) < 4.78 is 9.71. The number of pyridine rings is 1. The summed E-state index contributed by atoms with van der Waals surface area (Å²) in [5.41, 5.74) is 0.770. The van der Waals surface area contributed by atoms with Gasteiger partial charge in [-0.15, -0.1) is 0 Å². The van der Waals surface area contributed by atoms with Crippen molar-refractivity contribution in [1.82, 2.24) is 9.97 Å². The van der Waals surface area contributed by atoms with Gasteiger partial charge in [0.1, 0.15) is 5.65 Å². The van der Waals surface area contributed by atoms with Crippen LogP contribution in [0.2, 0.25) is 10.0 Å². The molecule has 0 aliphatic rings. The smallest absolute Gasteiger partial charge is 0.340 e. The quantitative estimate of drug-likeness (QED) is 0.610. The van der Waals surface area contributed by atoms with Crippen LogP contribution in [-0.2, 0) is 14.3 Å². The van der Waals surface area contributed by atoms with Crippen molar-refractivity contribution in [2.75, 3.05) is 19.0 Å². The zero-order chi connectivity index (χ0) is 20.3. The number of anilines is 1. The van der Waals surface area contributed by atoms with E-state index in [4.69, 9.17) is 27.9 Å². The molecule has 0 radical (unpaired) electrons. The number of hydrogen-bond acceptors (Lipinski definition) is 6. The first-order chi connectivity index (χ1) is 13.4. The Labute approximate surface area is 168 Å². The maximum atomic E-state index is 12.3. The molecule has 2 aromatic heterocycles. The van der Waals surface area contributed by atoms with Crippen LogP contribution in [-0.4, -0.2) is 41.5 Å². The maximum absolute atomic E-state index is 12.3. The molecular weight excluding hydrogens is 409 g/mol. The minimum atomic E-state index is -0.733. The molecule has 144 valence electrons. The van der Waals surface area contributed by atoms with Crippen LogP contribution in [0.1, 0.15) is 20.7 Å². The van der Waals surface area contributed by atoms with Crippen LogP contribution in [0.5, 0.6) is 0 Å². The standard InChI is InChI=1S/C18H13Cl2N3O5/c1-27-17(25)12-6-9(19)7-13(20)15(12)23-14(24)8-28-18(26)11-3-5-22-16-10(11)2-4-21-16/h2-7H,8H2,1H3,(H,21,22)(H,23,24). The molecule has 2 N–H and O–H groups in total. The summed E-state index contributed by atoms with van der Waals surface area (Å²) >= 11 is 12.0. The van der Waals surface area contributed by atoms with Gasteiger partial charge >= 0.3 is 11.9 Å². The molecule has 1 aromatic carbocycles. The third-order valence-corrected chi connectivity index (χ3v) is 4.26. The van der Waals surface area contributed by atoms with Crippen molar-refractivity contribution in [3.8, 4) is 0 Å². The number of esters is 2. The van der Waals surface area contributed by atoms with E-state index in [9.17, 15) is 14.4 Å². The Morgan fingerprint density at radius 2 is 1.93 bits per heavy atom. The van der Waals surface area contributed by atoms with Crippen LogP contribution in [0.4, 0.5) is 5.69 Å². The number of nitrogens with one attached hydrogen (secondary N) is 2. The van der Waals surface area contributed by atoms with Gasteiger partial charge in [0.2, 0.25) is 0 Å². The average Bonchev–Trinajstić information content (AvgIpc) is 3.16. The van der Waals surface area contributed by atoms with E-state index in [1.165, 1.54) is 31.5 Å². The fourth-order valence-corrected chi connectivity index (χ4v) is 3.04. The zero-order valence-corrected chi connectivity index (χ0v) is 15.9. The topological polar surface area (TPSA) is 110 Å². The van der Waals surface area contributed by atoms with Crippen molar-refractivity contribution in [2.45, 2.75) is 0 Å². The number of hydrogen-bond donors (Lipinski definition) is 2. The third kappa shape index (κ3) is 4.08. The molecule has 0 aliphatic carbocycles. The summed E-state index contributed by atoms with van der Waals surface area (Å²) in [5.74, 6) is -2.12. The van der Waals surface area contributed by atoms with Crippen molar-refractivity contribution >= 4 is 57.8 Å². The highest BCUT2D eigenvalue weighted by atomic mass is 35.5. The summed E-state index contributed by atoms with van der Waals surface area (Å²) in [4.78, 5) is 43.3. The van der Waals surface area contributed by atoms with Crippen LogP contribution < -0.4 is 5.32 Å². The molecule has 0 bridgehead atoms. The van der Waals surface area contributed by atoms with Crippen LogP contribution in [0, 0.1) is 0 Å². The van der Waals surface area contributed by atoms with Gasteiger partial charge in [0, 0.05) is 22.8 Å². The van der Waals surface area contributed by atoms with Gasteiger partial charge in [-0.05, 0) is 24.3 Å². The molecule has 0 spiro atoms. The summed E-state index contributed by atoms with van der Waals surface area (Å²) in [6, 6.07) is 5.83. The second-order valence-electron chi connectivity index (χ2n) is 5.52. The average molecular weight is 422 g/mol. The van der Waals surface area contributed by atoms with Gasteiger partial charge in [-0.25, -0.2) is 14.6 Å². The molecule has 2 heterocycles. The van der Waals surface area contributed by atoms with Crippen molar-refractivity contribution < 1.29 is 23.9 Å². The molecule has 1 amide bonds. The summed E-state index contributed by atoms with van der Waals surface area (Å²) in [5, 5.41) is 3.24. The molecule has 0 saturated carbocycles. The highest BCUT2D eigenvalue weighted by molar-refractivity contribution is 6.37. The Hall–Kier alpha value is -3.10. The van der Waals surface area contributed by atoms with Crippen molar-refractivity contribution in [2.24, 2.45) is 0 Å². The second-order valence-corrected chi connectivity index (χ2v) is 6.37. The number of ether oxygens (including phenoxy) is 2. The first-order valence-corrected chi connectivity index (χ1v) is 8.62. The van der Waals surface area contributed by atoms with Crippen molar-refractivity contribution in [3.63, 3.8) is 0 Å². The fourth-order valence-electron chi connectivity index (χ4n) is 2.49. The molecule has 0 aliphatic heterocycles. The van der Waals surface area contributed by atoms with E-state index in [1.807, 2.05) is 0 Å². The third-order valence-electron chi connectivity index (χ3n) is 3.74. The summed E-state index contributed by atoms with van der Waals surface area (Å²) in [6.07, 6.45) is 3.09. The van der Waals surface area contributed by atoms with Crippen molar-refractivity contribution in [3.05, 3.63) is 57.8 Å². The number of aromatic nitrogens is 2. The lowest BCUT2D eigenvalue weighted by molar-refractivity contribution is -0.119. The molecule has 0 fully saturated rings. The number of carbonyl (C=O) groups excluding carboxylic acids is 3. The number of fused-ring (bicyclic) bond motifs is 1. The fraction of sp³-hybridized carbons (Fsp3) is 0.111. The molecule has 8 nitrogen and oxygen atoms in total. The SMILES string of the molecule is COC(=O)c1cc(Cl)cc(Cl)c1NC(=O)COC(=O)c1ccnc2[nH]ccc12. The lowest BCUT2D eigenvalue weighted by atomic mass is 10.1. The van der Waals surface area contributed by atoms with Gasteiger partial charge in [-0.2, -0.15) is 0 Å². The second kappa shape index (κ2) is 8.28. The molecule has 0 unspecified atom stereocenters. The van der Waals surface area contributed by atoms with Crippen molar-refractivity contribution in [1.29, 1.82) is 0 Å². The normalized spacial score (nSPS) is 10.5. The van der Waals surface area contributed by atoms with E-state index < -0.39 is 24.5 Å². The lowest BCUT2D eigenvalue weighted by Gasteiger charge is -2.12. The Kier molecular flexibility index (Phi) is 5.81. The monoisotopic (exact) mass is 421 g/mol. The number of benzene rings is 1. The maximum Gasteiger partial charge on any atom is 0.340 e. The number of methoxy groups -OCH3 is 1. The zero-order valence-electron chi connectivity index (χ0n) is 14.4.